The van der Waals surface area contributed by atoms with E-state index in [2.05, 4.69) is 49.4 Å². The zero-order valence-electron chi connectivity index (χ0n) is 15.2. The van der Waals surface area contributed by atoms with Gasteiger partial charge in [0.25, 0.3) is 0 Å². The molecule has 0 spiro atoms. The van der Waals surface area contributed by atoms with Crippen LogP contribution in [-0.2, 0) is 4.74 Å². The second kappa shape index (κ2) is 6.67. The Labute approximate surface area is 163 Å². The molecule has 0 aliphatic carbocycles. The van der Waals surface area contributed by atoms with Crippen LogP contribution < -0.4 is 4.90 Å². The van der Waals surface area contributed by atoms with Gasteiger partial charge < -0.3 is 9.64 Å². The molecular formula is C19H21ClN6O. The molecule has 140 valence electrons. The number of allylic oxidation sites excluding steroid dienone is 1. The van der Waals surface area contributed by atoms with Crippen LogP contribution in [0.4, 0.5) is 5.69 Å². The first kappa shape index (κ1) is 16.8. The van der Waals surface area contributed by atoms with Crippen LogP contribution in [-0.4, -0.2) is 47.9 Å². The maximum Gasteiger partial charge on any atom is 0.175 e. The van der Waals surface area contributed by atoms with E-state index in [9.17, 15) is 0 Å². The van der Waals surface area contributed by atoms with Crippen molar-refractivity contribution in [3.05, 3.63) is 64.6 Å². The minimum absolute atomic E-state index is 0.709. The van der Waals surface area contributed by atoms with Crippen molar-refractivity contribution in [2.75, 3.05) is 37.9 Å². The molecule has 27 heavy (non-hydrogen) atoms. The summed E-state index contributed by atoms with van der Waals surface area (Å²) in [5.74, 6) is 1.89. The van der Waals surface area contributed by atoms with Crippen LogP contribution in [0.2, 0.25) is 5.02 Å². The number of halogens is 1. The molecule has 1 fully saturated rings. The number of hydrazine groups is 1. The number of morpholine rings is 1. The average Bonchev–Trinajstić information content (AvgIpc) is 3.13. The van der Waals surface area contributed by atoms with Crippen LogP contribution in [0.1, 0.15) is 13.3 Å². The number of ether oxygens (including phenoxy) is 1. The number of azo groups is 1. The Morgan fingerprint density at radius 1 is 1.07 bits per heavy atom. The molecule has 4 heterocycles. The summed E-state index contributed by atoms with van der Waals surface area (Å²) in [4.78, 5) is 4.36. The van der Waals surface area contributed by atoms with Crippen molar-refractivity contribution in [2.45, 2.75) is 13.3 Å². The highest BCUT2D eigenvalue weighted by Gasteiger charge is 2.36. The summed E-state index contributed by atoms with van der Waals surface area (Å²) in [6, 6.07) is 7.90. The van der Waals surface area contributed by atoms with Gasteiger partial charge in [-0.1, -0.05) is 29.3 Å². The lowest BCUT2D eigenvalue weighted by Crippen LogP contribution is -2.48. The summed E-state index contributed by atoms with van der Waals surface area (Å²) in [6.07, 6.45) is 5.01. The molecular weight excluding hydrogens is 364 g/mol. The molecule has 1 aromatic rings. The van der Waals surface area contributed by atoms with E-state index in [1.807, 2.05) is 24.3 Å². The summed E-state index contributed by atoms with van der Waals surface area (Å²) in [6.45, 7) is 6.09. The third-order valence-corrected chi connectivity index (χ3v) is 5.42. The number of hydrogen-bond acceptors (Lipinski definition) is 7. The maximum absolute atomic E-state index is 6.52. The molecule has 5 rings (SSSR count). The van der Waals surface area contributed by atoms with Crippen molar-refractivity contribution >= 4 is 17.3 Å². The molecule has 0 atom stereocenters. The van der Waals surface area contributed by atoms with E-state index in [1.54, 1.807) is 0 Å². The first-order valence-electron chi connectivity index (χ1n) is 9.15. The summed E-state index contributed by atoms with van der Waals surface area (Å²) in [7, 11) is 0. The molecule has 1 saturated heterocycles. The Kier molecular flexibility index (Phi) is 4.15. The molecule has 0 N–H and O–H groups in total. The quantitative estimate of drug-likeness (QED) is 0.777. The number of fused-ring (bicyclic) bond motifs is 2. The molecule has 7 nitrogen and oxygen atoms in total. The van der Waals surface area contributed by atoms with Gasteiger partial charge in [0.1, 0.15) is 18.2 Å². The number of anilines is 1. The second-order valence-corrected chi connectivity index (χ2v) is 7.41. The molecule has 0 unspecified atom stereocenters. The highest BCUT2D eigenvalue weighted by molar-refractivity contribution is 6.33. The molecule has 4 aliphatic heterocycles. The molecule has 1 aromatic carbocycles. The van der Waals surface area contributed by atoms with Gasteiger partial charge >= 0.3 is 0 Å². The van der Waals surface area contributed by atoms with E-state index in [4.69, 9.17) is 16.3 Å². The summed E-state index contributed by atoms with van der Waals surface area (Å²) >= 11 is 6.52. The zero-order chi connectivity index (χ0) is 18.4. The Morgan fingerprint density at radius 2 is 1.89 bits per heavy atom. The van der Waals surface area contributed by atoms with Gasteiger partial charge in [0.05, 0.1) is 30.1 Å². The van der Waals surface area contributed by atoms with E-state index in [-0.39, 0.29) is 0 Å². The Morgan fingerprint density at radius 3 is 2.70 bits per heavy atom. The monoisotopic (exact) mass is 384 g/mol. The Balaban J connectivity index is 1.50. The largest absolute Gasteiger partial charge is 0.379 e. The first-order valence-corrected chi connectivity index (χ1v) is 9.53. The lowest BCUT2D eigenvalue weighted by molar-refractivity contribution is -0.0678. The molecule has 0 radical (unpaired) electrons. The molecule has 4 aliphatic rings. The van der Waals surface area contributed by atoms with Crippen LogP contribution in [0.25, 0.3) is 0 Å². The topological polar surface area (TPSA) is 46.9 Å². The Bertz CT molecular complexity index is 886. The second-order valence-electron chi connectivity index (χ2n) is 7.01. The van der Waals surface area contributed by atoms with Gasteiger partial charge in [0, 0.05) is 25.7 Å². The zero-order valence-corrected chi connectivity index (χ0v) is 15.9. The van der Waals surface area contributed by atoms with E-state index in [1.165, 1.54) is 5.57 Å². The molecule has 8 heteroatoms. The summed E-state index contributed by atoms with van der Waals surface area (Å²) < 4.78 is 5.48. The third-order valence-electron chi connectivity index (χ3n) is 5.10. The normalized spacial score (nSPS) is 22.7. The van der Waals surface area contributed by atoms with Gasteiger partial charge in [-0.05, 0) is 19.1 Å². The maximum atomic E-state index is 6.52. The van der Waals surface area contributed by atoms with Gasteiger partial charge in [-0.3, -0.25) is 9.91 Å². The van der Waals surface area contributed by atoms with Gasteiger partial charge in [-0.15, -0.1) is 10.2 Å². The van der Waals surface area contributed by atoms with Crippen LogP contribution in [0, 0.1) is 0 Å². The SMILES string of the molecule is CC1=CN(c2ccccc2Cl)C2=C(C1)N=NC1=CN(N3CCOCC3)CN12. The lowest BCUT2D eigenvalue weighted by Gasteiger charge is -2.39. The molecule has 0 bridgehead atoms. The summed E-state index contributed by atoms with van der Waals surface area (Å²) in [5.41, 5.74) is 3.15. The number of nitrogens with zero attached hydrogens (tertiary/aromatic N) is 6. The molecule has 0 saturated carbocycles. The predicted molar refractivity (Wildman–Crippen MR) is 103 cm³/mol. The van der Waals surface area contributed by atoms with Crippen molar-refractivity contribution in [1.82, 2.24) is 14.9 Å². The summed E-state index contributed by atoms with van der Waals surface area (Å²) in [5, 5.41) is 14.2. The third kappa shape index (κ3) is 2.92. The van der Waals surface area contributed by atoms with Crippen LogP contribution in [0.3, 0.4) is 0 Å². The van der Waals surface area contributed by atoms with Crippen molar-refractivity contribution in [3.8, 4) is 0 Å². The smallest absolute Gasteiger partial charge is 0.175 e. The van der Waals surface area contributed by atoms with E-state index in [0.717, 1.165) is 55.8 Å². The van der Waals surface area contributed by atoms with Crippen molar-refractivity contribution in [2.24, 2.45) is 10.2 Å². The van der Waals surface area contributed by atoms with Gasteiger partial charge in [0.15, 0.2) is 5.82 Å². The number of hydrogen-bond donors (Lipinski definition) is 0. The fourth-order valence-corrected chi connectivity index (χ4v) is 4.04. The van der Waals surface area contributed by atoms with Crippen LogP contribution >= 0.6 is 11.6 Å². The number of benzene rings is 1. The highest BCUT2D eigenvalue weighted by Crippen LogP contribution is 2.41. The number of rotatable bonds is 2. The van der Waals surface area contributed by atoms with Gasteiger partial charge in [-0.2, -0.15) is 0 Å². The fourth-order valence-electron chi connectivity index (χ4n) is 3.82. The molecule has 0 aromatic heterocycles. The number of para-hydroxylation sites is 1. The standard InChI is InChI=1S/C19H21ClN6O/c1-14-10-16-19(25(11-14)17-5-3-2-4-15(17)20)26-13-24(12-18(26)22-21-16)23-6-8-27-9-7-23/h2-5,11-12H,6-10,13H2,1H3. The van der Waals surface area contributed by atoms with E-state index >= 15 is 0 Å². The van der Waals surface area contributed by atoms with Crippen molar-refractivity contribution < 1.29 is 4.74 Å². The fraction of sp³-hybridized carbons (Fsp3) is 0.368. The Hall–Kier alpha value is -2.35. The van der Waals surface area contributed by atoms with E-state index < -0.39 is 0 Å². The van der Waals surface area contributed by atoms with Gasteiger partial charge in [-0.25, -0.2) is 5.01 Å². The van der Waals surface area contributed by atoms with Crippen molar-refractivity contribution in [3.63, 3.8) is 0 Å². The lowest BCUT2D eigenvalue weighted by atomic mass is 10.1. The molecule has 0 amide bonds. The highest BCUT2D eigenvalue weighted by atomic mass is 35.5. The van der Waals surface area contributed by atoms with Crippen LogP contribution in [0.5, 0.6) is 0 Å². The van der Waals surface area contributed by atoms with Crippen molar-refractivity contribution in [1.29, 1.82) is 0 Å². The van der Waals surface area contributed by atoms with E-state index in [0.29, 0.717) is 11.7 Å². The van der Waals surface area contributed by atoms with Crippen LogP contribution in [0.15, 0.2) is 69.8 Å². The first-order chi connectivity index (χ1) is 13.2. The minimum Gasteiger partial charge on any atom is -0.379 e. The predicted octanol–water partition coefficient (Wildman–Crippen LogP) is 3.71. The minimum atomic E-state index is 0.709. The average molecular weight is 385 g/mol. The van der Waals surface area contributed by atoms with Gasteiger partial charge in [0.2, 0.25) is 0 Å².